The topological polar surface area (TPSA) is 103 Å². The Morgan fingerprint density at radius 2 is 1.97 bits per heavy atom. The van der Waals surface area contributed by atoms with Crippen LogP contribution in [-0.4, -0.2) is 64.6 Å². The standard InChI is InChI=1S/C27H34F4N2O5S/c1-26(2)10-17-5-4-15(8-21(17)38-26)11-33-20-14-39(35)13-18(25(20)34)6-16-7-19(28)24(32)22(9-16)37-23(12-36-3)27(29,30)31/h4-5,7-9,18,20,23,25,33-34H,6,10-14,32H2,1-3H3/t18-,20+,23-,25+,39+/m1/s1. The van der Waals surface area contributed by atoms with Gasteiger partial charge in [-0.15, -0.1) is 0 Å². The van der Waals surface area contributed by atoms with Crippen LogP contribution in [0.15, 0.2) is 30.3 Å². The van der Waals surface area contributed by atoms with Crippen LogP contribution in [0.2, 0.25) is 0 Å². The van der Waals surface area contributed by atoms with E-state index in [1.54, 1.807) is 0 Å². The van der Waals surface area contributed by atoms with Crippen molar-refractivity contribution in [2.75, 3.05) is 31.0 Å². The zero-order chi connectivity index (χ0) is 28.5. The van der Waals surface area contributed by atoms with E-state index >= 15 is 0 Å². The Bertz CT molecular complexity index is 1210. The van der Waals surface area contributed by atoms with E-state index < -0.39 is 65.0 Å². The van der Waals surface area contributed by atoms with Crippen molar-refractivity contribution < 1.29 is 41.1 Å². The number of hydrogen-bond acceptors (Lipinski definition) is 7. The Labute approximate surface area is 227 Å². The van der Waals surface area contributed by atoms with E-state index in [4.69, 9.17) is 15.2 Å². The Balaban J connectivity index is 1.45. The number of hydrogen-bond donors (Lipinski definition) is 3. The summed E-state index contributed by atoms with van der Waals surface area (Å²) in [6, 6.07) is 7.78. The highest BCUT2D eigenvalue weighted by molar-refractivity contribution is 7.85. The summed E-state index contributed by atoms with van der Waals surface area (Å²) in [5.41, 5.74) is 7.19. The highest BCUT2D eigenvalue weighted by Gasteiger charge is 2.42. The lowest BCUT2D eigenvalue weighted by Crippen LogP contribution is -2.53. The van der Waals surface area contributed by atoms with Gasteiger partial charge in [0.05, 0.1) is 12.7 Å². The smallest absolute Gasteiger partial charge is 0.427 e. The molecule has 0 bridgehead atoms. The molecule has 0 saturated carbocycles. The van der Waals surface area contributed by atoms with Gasteiger partial charge < -0.3 is 30.4 Å². The summed E-state index contributed by atoms with van der Waals surface area (Å²) in [6.07, 6.45) is -7.13. The van der Waals surface area contributed by atoms with Crippen molar-refractivity contribution in [2.24, 2.45) is 5.92 Å². The molecule has 0 aliphatic carbocycles. The summed E-state index contributed by atoms with van der Waals surface area (Å²) in [7, 11) is -0.170. The van der Waals surface area contributed by atoms with Crippen molar-refractivity contribution in [1.29, 1.82) is 0 Å². The average molecular weight is 575 g/mol. The number of fused-ring (bicyclic) bond motifs is 1. The molecule has 0 aromatic heterocycles. The van der Waals surface area contributed by atoms with Crippen molar-refractivity contribution >= 4 is 16.5 Å². The molecular weight excluding hydrogens is 540 g/mol. The first-order chi connectivity index (χ1) is 18.3. The van der Waals surface area contributed by atoms with E-state index in [2.05, 4.69) is 10.1 Å². The van der Waals surface area contributed by atoms with Gasteiger partial charge in [0.25, 0.3) is 0 Å². The van der Waals surface area contributed by atoms with Crippen LogP contribution in [0.25, 0.3) is 0 Å². The molecule has 2 aliphatic heterocycles. The second kappa shape index (κ2) is 11.6. The van der Waals surface area contributed by atoms with E-state index in [0.29, 0.717) is 6.54 Å². The van der Waals surface area contributed by atoms with Crippen molar-refractivity contribution in [1.82, 2.24) is 5.32 Å². The van der Waals surface area contributed by atoms with Crippen LogP contribution in [0.3, 0.4) is 0 Å². The minimum Gasteiger partial charge on any atom is -0.487 e. The maximum atomic E-state index is 14.6. The summed E-state index contributed by atoms with van der Waals surface area (Å²) >= 11 is 0. The van der Waals surface area contributed by atoms with Gasteiger partial charge in [0, 0.05) is 54.3 Å². The summed E-state index contributed by atoms with van der Waals surface area (Å²) in [4.78, 5) is 0. The molecule has 2 aromatic carbocycles. The Hall–Kier alpha value is -2.41. The normalized spacial score (nSPS) is 25.1. The molecule has 2 aliphatic rings. The van der Waals surface area contributed by atoms with Gasteiger partial charge in [0.15, 0.2) is 0 Å². The molecule has 5 atom stereocenters. The fourth-order valence-corrected chi connectivity index (χ4v) is 6.69. The van der Waals surface area contributed by atoms with Crippen LogP contribution in [0.4, 0.5) is 23.2 Å². The monoisotopic (exact) mass is 574 g/mol. The minimum atomic E-state index is -4.76. The van der Waals surface area contributed by atoms with Crippen molar-refractivity contribution in [3.05, 3.63) is 52.8 Å². The number of nitrogens with two attached hydrogens (primary N) is 1. The number of benzene rings is 2. The molecule has 7 nitrogen and oxygen atoms in total. The summed E-state index contributed by atoms with van der Waals surface area (Å²) in [6.45, 7) is 3.66. The lowest BCUT2D eigenvalue weighted by atomic mass is 9.91. The zero-order valence-corrected chi connectivity index (χ0v) is 22.8. The van der Waals surface area contributed by atoms with Crippen LogP contribution >= 0.6 is 0 Å². The minimum absolute atomic E-state index is 0.0708. The Kier molecular flexibility index (Phi) is 8.79. The SMILES string of the molecule is COC[C@@H](Oc1cc(C[C@@H]2C[S@](=O)C[C@H](NCc3ccc4c(c3)OC(C)(C)C4)[C@H]2O)cc(F)c1N)C(F)(F)F. The number of anilines is 1. The molecule has 0 unspecified atom stereocenters. The number of ether oxygens (including phenoxy) is 3. The Morgan fingerprint density at radius 1 is 1.23 bits per heavy atom. The number of methoxy groups -OCH3 is 1. The van der Waals surface area contributed by atoms with Gasteiger partial charge >= 0.3 is 6.18 Å². The summed E-state index contributed by atoms with van der Waals surface area (Å²) in [5.74, 6) is -0.712. The predicted molar refractivity (Wildman–Crippen MR) is 140 cm³/mol. The van der Waals surface area contributed by atoms with Gasteiger partial charge in [-0.3, -0.25) is 4.21 Å². The molecule has 1 saturated heterocycles. The van der Waals surface area contributed by atoms with E-state index in [-0.39, 0.29) is 29.1 Å². The van der Waals surface area contributed by atoms with E-state index in [1.807, 2.05) is 32.0 Å². The van der Waals surface area contributed by atoms with Gasteiger partial charge in [-0.25, -0.2) is 4.39 Å². The summed E-state index contributed by atoms with van der Waals surface area (Å²) < 4.78 is 82.7. The van der Waals surface area contributed by atoms with E-state index in [1.165, 1.54) is 6.07 Å². The first-order valence-electron chi connectivity index (χ1n) is 12.6. The van der Waals surface area contributed by atoms with Gasteiger partial charge in [-0.2, -0.15) is 13.2 Å². The number of alkyl halides is 3. The molecular formula is C27H34F4N2O5S. The molecule has 2 heterocycles. The molecule has 0 radical (unpaired) electrons. The molecule has 0 spiro atoms. The zero-order valence-electron chi connectivity index (χ0n) is 22.0. The first kappa shape index (κ1) is 29.6. The Morgan fingerprint density at radius 3 is 2.67 bits per heavy atom. The van der Waals surface area contributed by atoms with Gasteiger partial charge in [-0.05, 0) is 55.2 Å². The molecule has 4 rings (SSSR count). The fraction of sp³-hybridized carbons (Fsp3) is 0.556. The molecule has 39 heavy (non-hydrogen) atoms. The van der Waals surface area contributed by atoms with Crippen LogP contribution in [0.5, 0.6) is 11.5 Å². The third-order valence-corrected chi connectivity index (χ3v) is 8.50. The number of aliphatic hydroxyl groups is 1. The lowest BCUT2D eigenvalue weighted by molar-refractivity contribution is -0.206. The van der Waals surface area contributed by atoms with Gasteiger partial charge in [0.1, 0.15) is 28.6 Å². The summed E-state index contributed by atoms with van der Waals surface area (Å²) in [5, 5.41) is 14.4. The molecule has 4 N–H and O–H groups in total. The van der Waals surface area contributed by atoms with Gasteiger partial charge in [0.2, 0.25) is 6.10 Å². The highest BCUT2D eigenvalue weighted by atomic mass is 32.2. The second-order valence-corrected chi connectivity index (χ2v) is 12.3. The molecule has 1 fully saturated rings. The fourth-order valence-electron chi connectivity index (χ4n) is 5.05. The average Bonchev–Trinajstić information content (AvgIpc) is 3.15. The molecule has 0 amide bonds. The third-order valence-electron chi connectivity index (χ3n) is 6.96. The van der Waals surface area contributed by atoms with Crippen LogP contribution in [-0.2, 0) is 34.9 Å². The number of rotatable bonds is 9. The largest absolute Gasteiger partial charge is 0.487 e. The number of halogens is 4. The van der Waals surface area contributed by atoms with Gasteiger partial charge in [-0.1, -0.05) is 12.1 Å². The lowest BCUT2D eigenvalue weighted by Gasteiger charge is -2.35. The number of nitrogen functional groups attached to an aromatic ring is 1. The maximum absolute atomic E-state index is 14.6. The van der Waals surface area contributed by atoms with Crippen LogP contribution in [0, 0.1) is 11.7 Å². The molecule has 12 heteroatoms. The van der Waals surface area contributed by atoms with Crippen molar-refractivity contribution in [2.45, 2.75) is 63.3 Å². The van der Waals surface area contributed by atoms with E-state index in [0.717, 1.165) is 36.5 Å². The number of nitrogens with one attached hydrogen (secondary N) is 1. The third kappa shape index (κ3) is 7.22. The molecule has 216 valence electrons. The van der Waals surface area contributed by atoms with Crippen LogP contribution < -0.4 is 20.5 Å². The van der Waals surface area contributed by atoms with E-state index in [9.17, 15) is 26.9 Å². The second-order valence-electron chi connectivity index (χ2n) is 10.8. The predicted octanol–water partition coefficient (Wildman–Crippen LogP) is 3.52. The van der Waals surface area contributed by atoms with Crippen molar-refractivity contribution in [3.8, 4) is 11.5 Å². The molecule has 2 aromatic rings. The van der Waals surface area contributed by atoms with Crippen molar-refractivity contribution in [3.63, 3.8) is 0 Å². The quantitative estimate of drug-likeness (QED) is 0.311. The highest BCUT2D eigenvalue weighted by Crippen LogP contribution is 2.36. The first-order valence-corrected chi connectivity index (χ1v) is 14.1. The van der Waals surface area contributed by atoms with Crippen LogP contribution in [0.1, 0.15) is 30.5 Å². The maximum Gasteiger partial charge on any atom is 0.427 e. The number of aliphatic hydroxyl groups excluding tert-OH is 1.